The number of benzene rings is 1. The number of nitriles is 1. The molecule has 0 radical (unpaired) electrons. The highest BCUT2D eigenvalue weighted by atomic mass is 35.5. The fourth-order valence-electron chi connectivity index (χ4n) is 2.10. The molecule has 2 rings (SSSR count). The molecule has 0 saturated heterocycles. The Morgan fingerprint density at radius 3 is 3.00 bits per heavy atom. The average molecular weight is 396 g/mol. The SMILES string of the molecule is COCCCn1c(S[C@@H](C)C(=O)Nc2ccc(C#N)c(Cl)c2)n[nH]c1=O. The van der Waals surface area contributed by atoms with Gasteiger partial charge >= 0.3 is 5.69 Å². The number of halogens is 1. The Labute approximate surface area is 159 Å². The molecule has 138 valence electrons. The van der Waals surface area contributed by atoms with Crippen molar-refractivity contribution >= 4 is 35.0 Å². The number of amides is 1. The number of H-pyrrole nitrogens is 1. The van der Waals surface area contributed by atoms with E-state index in [9.17, 15) is 9.59 Å². The fourth-order valence-corrected chi connectivity index (χ4v) is 3.20. The Balaban J connectivity index is 2.02. The Morgan fingerprint density at radius 1 is 1.58 bits per heavy atom. The predicted molar refractivity (Wildman–Crippen MR) is 99.5 cm³/mol. The summed E-state index contributed by atoms with van der Waals surface area (Å²) in [5.41, 5.74) is 0.504. The highest BCUT2D eigenvalue weighted by molar-refractivity contribution is 8.00. The second-order valence-electron chi connectivity index (χ2n) is 5.37. The van der Waals surface area contributed by atoms with Crippen LogP contribution < -0.4 is 11.0 Å². The number of aromatic amines is 1. The maximum Gasteiger partial charge on any atom is 0.343 e. The molecule has 2 aromatic rings. The van der Waals surface area contributed by atoms with Crippen LogP contribution in [0.3, 0.4) is 0 Å². The van der Waals surface area contributed by atoms with Crippen LogP contribution in [0.5, 0.6) is 0 Å². The number of aromatic nitrogens is 3. The van der Waals surface area contributed by atoms with Crippen LogP contribution in [0, 0.1) is 11.3 Å². The number of ether oxygens (including phenoxy) is 1. The third-order valence-electron chi connectivity index (χ3n) is 3.46. The van der Waals surface area contributed by atoms with E-state index in [1.807, 2.05) is 6.07 Å². The number of thioether (sulfide) groups is 1. The fraction of sp³-hybridized carbons (Fsp3) is 0.375. The van der Waals surface area contributed by atoms with E-state index in [2.05, 4.69) is 15.5 Å². The Bertz CT molecular complexity index is 874. The van der Waals surface area contributed by atoms with Crippen molar-refractivity contribution in [2.24, 2.45) is 0 Å². The lowest BCUT2D eigenvalue weighted by Crippen LogP contribution is -2.24. The van der Waals surface area contributed by atoms with Crippen molar-refractivity contribution in [3.8, 4) is 6.07 Å². The Kier molecular flexibility index (Phi) is 7.26. The molecule has 0 fully saturated rings. The van der Waals surface area contributed by atoms with Gasteiger partial charge in [0, 0.05) is 25.9 Å². The number of hydrogen-bond donors (Lipinski definition) is 2. The van der Waals surface area contributed by atoms with Gasteiger partial charge in [-0.3, -0.25) is 9.36 Å². The minimum absolute atomic E-state index is 0.268. The van der Waals surface area contributed by atoms with E-state index in [0.717, 1.165) is 0 Å². The lowest BCUT2D eigenvalue weighted by Gasteiger charge is -2.12. The second-order valence-corrected chi connectivity index (χ2v) is 7.08. The number of carbonyl (C=O) groups is 1. The zero-order chi connectivity index (χ0) is 19.1. The molecule has 0 unspecified atom stereocenters. The zero-order valence-corrected chi connectivity index (χ0v) is 15.9. The van der Waals surface area contributed by atoms with Crippen molar-refractivity contribution < 1.29 is 9.53 Å². The Morgan fingerprint density at radius 2 is 2.35 bits per heavy atom. The molecule has 0 bridgehead atoms. The standard InChI is InChI=1S/C16H18ClN5O3S/c1-10(14(23)19-12-5-4-11(9-18)13(17)8-12)26-16-21-20-15(24)22(16)6-3-7-25-2/h4-5,8,10H,3,6-7H2,1-2H3,(H,19,23)(H,20,24)/t10-/m0/s1. The molecule has 1 aromatic heterocycles. The van der Waals surface area contributed by atoms with Gasteiger partial charge in [0.05, 0.1) is 15.8 Å². The quantitative estimate of drug-likeness (QED) is 0.523. The van der Waals surface area contributed by atoms with Crippen LogP contribution in [0.15, 0.2) is 28.2 Å². The highest BCUT2D eigenvalue weighted by Gasteiger charge is 2.19. The van der Waals surface area contributed by atoms with E-state index in [0.29, 0.717) is 36.0 Å². The van der Waals surface area contributed by atoms with Crippen LogP contribution in [0.2, 0.25) is 5.02 Å². The maximum absolute atomic E-state index is 12.4. The number of anilines is 1. The highest BCUT2D eigenvalue weighted by Crippen LogP contribution is 2.23. The molecule has 0 aliphatic rings. The summed E-state index contributed by atoms with van der Waals surface area (Å²) in [6.45, 7) is 2.69. The zero-order valence-electron chi connectivity index (χ0n) is 14.3. The third-order valence-corrected chi connectivity index (χ3v) is 4.86. The minimum atomic E-state index is -0.499. The van der Waals surface area contributed by atoms with Gasteiger partial charge in [-0.25, -0.2) is 9.89 Å². The first-order chi connectivity index (χ1) is 12.5. The molecule has 2 N–H and O–H groups in total. The summed E-state index contributed by atoms with van der Waals surface area (Å²) < 4.78 is 6.46. The van der Waals surface area contributed by atoms with Crippen molar-refractivity contribution in [3.63, 3.8) is 0 Å². The predicted octanol–water partition coefficient (Wildman–Crippen LogP) is 2.25. The van der Waals surface area contributed by atoms with Gasteiger partial charge in [-0.1, -0.05) is 23.4 Å². The summed E-state index contributed by atoms with van der Waals surface area (Å²) in [6.07, 6.45) is 0.661. The van der Waals surface area contributed by atoms with Gasteiger partial charge in [-0.15, -0.1) is 5.10 Å². The molecule has 1 heterocycles. The smallest absolute Gasteiger partial charge is 0.343 e. The van der Waals surface area contributed by atoms with E-state index in [-0.39, 0.29) is 16.6 Å². The number of carbonyl (C=O) groups excluding carboxylic acids is 1. The van der Waals surface area contributed by atoms with E-state index >= 15 is 0 Å². The molecule has 26 heavy (non-hydrogen) atoms. The largest absolute Gasteiger partial charge is 0.385 e. The van der Waals surface area contributed by atoms with E-state index < -0.39 is 5.25 Å². The van der Waals surface area contributed by atoms with Crippen molar-refractivity contribution in [1.82, 2.24) is 14.8 Å². The first-order valence-corrected chi connectivity index (χ1v) is 9.03. The molecule has 0 aliphatic heterocycles. The van der Waals surface area contributed by atoms with Crippen molar-refractivity contribution in [2.45, 2.75) is 30.3 Å². The van der Waals surface area contributed by atoms with Crippen LogP contribution >= 0.6 is 23.4 Å². The monoisotopic (exact) mass is 395 g/mol. The normalized spacial score (nSPS) is 11.8. The molecule has 1 aromatic carbocycles. The molecular formula is C16H18ClN5O3S. The van der Waals surface area contributed by atoms with E-state index in [4.69, 9.17) is 21.6 Å². The summed E-state index contributed by atoms with van der Waals surface area (Å²) >= 11 is 7.14. The first kappa shape index (κ1) is 20.0. The van der Waals surface area contributed by atoms with Gasteiger partial charge in [0.25, 0.3) is 0 Å². The van der Waals surface area contributed by atoms with Crippen molar-refractivity contribution in [3.05, 3.63) is 39.3 Å². The lowest BCUT2D eigenvalue weighted by atomic mass is 10.2. The summed E-state index contributed by atoms with van der Waals surface area (Å²) in [5, 5.41) is 18.2. The second kappa shape index (κ2) is 9.43. The van der Waals surface area contributed by atoms with Gasteiger partial charge in [-0.2, -0.15) is 5.26 Å². The average Bonchev–Trinajstić information content (AvgIpc) is 2.95. The van der Waals surface area contributed by atoms with Crippen LogP contribution in [-0.2, 0) is 16.1 Å². The first-order valence-electron chi connectivity index (χ1n) is 7.77. The number of methoxy groups -OCH3 is 1. The topological polar surface area (TPSA) is 113 Å². The Hall–Kier alpha value is -2.28. The van der Waals surface area contributed by atoms with Crippen LogP contribution in [0.25, 0.3) is 0 Å². The molecule has 1 amide bonds. The number of nitrogens with one attached hydrogen (secondary N) is 2. The maximum atomic E-state index is 12.4. The van der Waals surface area contributed by atoms with Gasteiger partial charge in [0.2, 0.25) is 5.91 Å². The minimum Gasteiger partial charge on any atom is -0.385 e. The number of nitrogens with zero attached hydrogens (tertiary/aromatic N) is 3. The molecule has 0 saturated carbocycles. The van der Waals surface area contributed by atoms with Gasteiger partial charge in [-0.05, 0) is 31.5 Å². The van der Waals surface area contributed by atoms with Gasteiger partial charge < -0.3 is 10.1 Å². The summed E-state index contributed by atoms with van der Waals surface area (Å²) in [4.78, 5) is 24.2. The van der Waals surface area contributed by atoms with Gasteiger partial charge in [0.1, 0.15) is 6.07 Å². The molecule has 8 nitrogen and oxygen atoms in total. The molecule has 0 spiro atoms. The molecular weight excluding hydrogens is 378 g/mol. The van der Waals surface area contributed by atoms with E-state index in [1.54, 1.807) is 20.1 Å². The van der Waals surface area contributed by atoms with Crippen LogP contribution in [0.4, 0.5) is 5.69 Å². The van der Waals surface area contributed by atoms with Gasteiger partial charge in [0.15, 0.2) is 5.16 Å². The molecule has 1 atom stereocenters. The summed E-state index contributed by atoms with van der Waals surface area (Å²) in [7, 11) is 1.59. The van der Waals surface area contributed by atoms with E-state index in [1.165, 1.54) is 28.5 Å². The summed E-state index contributed by atoms with van der Waals surface area (Å²) in [6, 6.07) is 6.62. The van der Waals surface area contributed by atoms with Crippen molar-refractivity contribution in [2.75, 3.05) is 19.0 Å². The summed E-state index contributed by atoms with van der Waals surface area (Å²) in [5.74, 6) is -0.269. The molecule has 0 aliphatic carbocycles. The van der Waals surface area contributed by atoms with Crippen molar-refractivity contribution in [1.29, 1.82) is 5.26 Å². The molecule has 10 heteroatoms. The van der Waals surface area contributed by atoms with Crippen LogP contribution in [0.1, 0.15) is 18.9 Å². The van der Waals surface area contributed by atoms with Crippen LogP contribution in [-0.4, -0.2) is 39.6 Å². The third kappa shape index (κ3) is 5.11. The lowest BCUT2D eigenvalue weighted by molar-refractivity contribution is -0.115. The number of hydrogen-bond acceptors (Lipinski definition) is 6. The number of rotatable bonds is 8.